The summed E-state index contributed by atoms with van der Waals surface area (Å²) in [5.41, 5.74) is 2.64. The molecule has 2 aromatic rings. The lowest BCUT2D eigenvalue weighted by Gasteiger charge is -2.18. The van der Waals surface area contributed by atoms with Crippen molar-refractivity contribution >= 4 is 33.2 Å². The standard InChI is InChI=1S/C16H12BrFN2O/c1-20-13-8-7-11(17)9-12(13)14(19-15(18)16(20)21)10-5-3-2-4-6-10/h2-9,15H,1H3. The number of halogens is 2. The molecule has 1 amide bonds. The SMILES string of the molecule is CN1C(=O)C(F)N=C(c2ccccc2)c2cc(Br)ccc21. The number of likely N-dealkylation sites (N-methyl/N-ethyl adjacent to an activating group) is 1. The van der Waals surface area contributed by atoms with Crippen LogP contribution in [-0.4, -0.2) is 25.0 Å². The Hall–Kier alpha value is -2.01. The second kappa shape index (κ2) is 5.41. The summed E-state index contributed by atoms with van der Waals surface area (Å²) < 4.78 is 14.9. The van der Waals surface area contributed by atoms with Crippen molar-refractivity contribution in [2.75, 3.05) is 11.9 Å². The summed E-state index contributed by atoms with van der Waals surface area (Å²) in [6.07, 6.45) is -1.89. The zero-order valence-corrected chi connectivity index (χ0v) is 12.8. The molecule has 0 aliphatic carbocycles. The fourth-order valence-electron chi connectivity index (χ4n) is 2.33. The predicted octanol–water partition coefficient (Wildman–Crippen LogP) is 3.56. The lowest BCUT2D eigenvalue weighted by molar-refractivity contribution is -0.122. The van der Waals surface area contributed by atoms with E-state index in [1.807, 2.05) is 42.5 Å². The van der Waals surface area contributed by atoms with Crippen LogP contribution in [0.2, 0.25) is 0 Å². The van der Waals surface area contributed by atoms with Crippen molar-refractivity contribution in [2.24, 2.45) is 4.99 Å². The predicted molar refractivity (Wildman–Crippen MR) is 84.5 cm³/mol. The van der Waals surface area contributed by atoms with Crippen molar-refractivity contribution in [2.45, 2.75) is 6.30 Å². The van der Waals surface area contributed by atoms with Crippen molar-refractivity contribution in [1.82, 2.24) is 0 Å². The average Bonchev–Trinajstić information content (AvgIpc) is 2.59. The van der Waals surface area contributed by atoms with Gasteiger partial charge >= 0.3 is 0 Å². The topological polar surface area (TPSA) is 32.7 Å². The minimum atomic E-state index is -1.89. The van der Waals surface area contributed by atoms with Gasteiger partial charge in [-0.2, -0.15) is 0 Å². The van der Waals surface area contributed by atoms with Crippen molar-refractivity contribution in [3.63, 3.8) is 0 Å². The highest BCUT2D eigenvalue weighted by molar-refractivity contribution is 9.10. The third kappa shape index (κ3) is 2.49. The molecule has 1 atom stereocenters. The van der Waals surface area contributed by atoms with Crippen LogP contribution in [-0.2, 0) is 4.79 Å². The van der Waals surface area contributed by atoms with E-state index in [-0.39, 0.29) is 0 Å². The number of fused-ring (bicyclic) bond motifs is 1. The number of alkyl halides is 1. The summed E-state index contributed by atoms with van der Waals surface area (Å²) in [5, 5.41) is 0. The molecule has 1 aliphatic heterocycles. The maximum atomic E-state index is 14.1. The van der Waals surface area contributed by atoms with E-state index in [1.54, 1.807) is 13.1 Å². The molecule has 0 saturated carbocycles. The Kier molecular flexibility index (Phi) is 3.59. The first-order valence-corrected chi connectivity index (χ1v) is 7.22. The minimum Gasteiger partial charge on any atom is -0.311 e. The summed E-state index contributed by atoms with van der Waals surface area (Å²) >= 11 is 3.41. The number of benzene rings is 2. The highest BCUT2D eigenvalue weighted by Crippen LogP contribution is 2.30. The fourth-order valence-corrected chi connectivity index (χ4v) is 2.69. The molecule has 21 heavy (non-hydrogen) atoms. The van der Waals surface area contributed by atoms with Crippen LogP contribution >= 0.6 is 15.9 Å². The van der Waals surface area contributed by atoms with Crippen molar-refractivity contribution in [3.05, 3.63) is 64.1 Å². The van der Waals surface area contributed by atoms with E-state index in [2.05, 4.69) is 20.9 Å². The van der Waals surface area contributed by atoms with Gasteiger partial charge in [0, 0.05) is 22.6 Å². The van der Waals surface area contributed by atoms with Crippen molar-refractivity contribution in [3.8, 4) is 0 Å². The maximum Gasteiger partial charge on any atom is 0.284 e. The molecule has 106 valence electrons. The van der Waals surface area contributed by atoms with E-state index in [0.717, 1.165) is 15.6 Å². The number of benzodiazepines with no additional fused rings is 1. The van der Waals surface area contributed by atoms with Crippen LogP contribution in [0.1, 0.15) is 11.1 Å². The van der Waals surface area contributed by atoms with Gasteiger partial charge in [-0.1, -0.05) is 46.3 Å². The van der Waals surface area contributed by atoms with Gasteiger partial charge in [-0.15, -0.1) is 0 Å². The Morgan fingerprint density at radius 2 is 1.90 bits per heavy atom. The van der Waals surface area contributed by atoms with E-state index in [9.17, 15) is 9.18 Å². The molecular formula is C16H12BrFN2O. The second-order valence-corrected chi connectivity index (χ2v) is 5.65. The van der Waals surface area contributed by atoms with Gasteiger partial charge in [-0.25, -0.2) is 9.38 Å². The second-order valence-electron chi connectivity index (χ2n) is 4.74. The molecule has 0 radical (unpaired) electrons. The van der Waals surface area contributed by atoms with Crippen LogP contribution in [0.25, 0.3) is 0 Å². The van der Waals surface area contributed by atoms with Crippen LogP contribution in [0.4, 0.5) is 10.1 Å². The number of hydrogen-bond donors (Lipinski definition) is 0. The first-order valence-electron chi connectivity index (χ1n) is 6.42. The van der Waals surface area contributed by atoms with Gasteiger partial charge in [0.05, 0.1) is 11.4 Å². The Bertz CT molecular complexity index is 730. The van der Waals surface area contributed by atoms with Crippen LogP contribution in [0.5, 0.6) is 0 Å². The third-order valence-electron chi connectivity index (χ3n) is 3.40. The third-order valence-corrected chi connectivity index (χ3v) is 3.89. The summed E-state index contributed by atoms with van der Waals surface area (Å²) in [6, 6.07) is 14.8. The van der Waals surface area contributed by atoms with E-state index in [0.29, 0.717) is 11.4 Å². The zero-order valence-electron chi connectivity index (χ0n) is 11.3. The van der Waals surface area contributed by atoms with Gasteiger partial charge < -0.3 is 4.90 Å². The molecule has 0 saturated heterocycles. The summed E-state index contributed by atoms with van der Waals surface area (Å²) in [5.74, 6) is -0.662. The van der Waals surface area contributed by atoms with Gasteiger partial charge in [0.1, 0.15) is 0 Å². The van der Waals surface area contributed by atoms with Gasteiger partial charge in [-0.3, -0.25) is 4.79 Å². The maximum absolute atomic E-state index is 14.1. The van der Waals surface area contributed by atoms with Gasteiger partial charge in [0.25, 0.3) is 12.2 Å². The largest absolute Gasteiger partial charge is 0.311 e. The van der Waals surface area contributed by atoms with Crippen LogP contribution in [0, 0.1) is 0 Å². The van der Waals surface area contributed by atoms with Gasteiger partial charge in [-0.05, 0) is 18.2 Å². The normalized spacial score (nSPS) is 18.0. The Morgan fingerprint density at radius 3 is 2.62 bits per heavy atom. The first kappa shape index (κ1) is 13.9. The molecule has 0 N–H and O–H groups in total. The zero-order chi connectivity index (χ0) is 15.0. The number of carbonyl (C=O) groups excluding carboxylic acids is 1. The molecule has 5 heteroatoms. The number of rotatable bonds is 1. The lowest BCUT2D eigenvalue weighted by Crippen LogP contribution is -2.32. The monoisotopic (exact) mass is 346 g/mol. The molecule has 3 nitrogen and oxygen atoms in total. The number of hydrogen-bond acceptors (Lipinski definition) is 2. The molecule has 1 aliphatic rings. The summed E-state index contributed by atoms with van der Waals surface area (Å²) in [4.78, 5) is 17.3. The average molecular weight is 347 g/mol. The molecular weight excluding hydrogens is 335 g/mol. The highest BCUT2D eigenvalue weighted by Gasteiger charge is 2.29. The molecule has 1 heterocycles. The summed E-state index contributed by atoms with van der Waals surface area (Å²) in [7, 11) is 1.56. The Morgan fingerprint density at radius 1 is 1.19 bits per heavy atom. The number of aliphatic imine (C=N–C) groups is 1. The van der Waals surface area contributed by atoms with E-state index in [1.165, 1.54) is 4.90 Å². The molecule has 0 aromatic heterocycles. The van der Waals surface area contributed by atoms with E-state index >= 15 is 0 Å². The summed E-state index contributed by atoms with van der Waals surface area (Å²) in [6.45, 7) is 0. The van der Waals surface area contributed by atoms with Crippen LogP contribution < -0.4 is 4.90 Å². The lowest BCUT2D eigenvalue weighted by atomic mass is 10.0. The smallest absolute Gasteiger partial charge is 0.284 e. The number of carbonyl (C=O) groups is 1. The Labute approximate surface area is 130 Å². The van der Waals surface area contributed by atoms with Crippen LogP contribution in [0.15, 0.2) is 58.0 Å². The number of amides is 1. The fraction of sp³-hybridized carbons (Fsp3) is 0.125. The molecule has 1 unspecified atom stereocenters. The molecule has 0 spiro atoms. The minimum absolute atomic E-state index is 0.483. The molecule has 0 fully saturated rings. The van der Waals surface area contributed by atoms with Crippen molar-refractivity contribution in [1.29, 1.82) is 0 Å². The first-order chi connectivity index (χ1) is 10.1. The Balaban J connectivity index is 2.27. The highest BCUT2D eigenvalue weighted by atomic mass is 79.9. The molecule has 2 aromatic carbocycles. The number of anilines is 1. The number of nitrogens with zero attached hydrogens (tertiary/aromatic N) is 2. The quantitative estimate of drug-likeness (QED) is 0.726. The van der Waals surface area contributed by atoms with Gasteiger partial charge in [0.2, 0.25) is 0 Å². The van der Waals surface area contributed by atoms with E-state index in [4.69, 9.17) is 0 Å². The van der Waals surface area contributed by atoms with Gasteiger partial charge in [0.15, 0.2) is 0 Å². The molecule has 3 rings (SSSR count). The van der Waals surface area contributed by atoms with E-state index < -0.39 is 12.2 Å². The van der Waals surface area contributed by atoms with Crippen molar-refractivity contribution < 1.29 is 9.18 Å². The molecule has 0 bridgehead atoms. The van der Waals surface area contributed by atoms with Crippen LogP contribution in [0.3, 0.4) is 0 Å².